The van der Waals surface area contributed by atoms with Crippen LogP contribution in [0.4, 0.5) is 0 Å². The molecule has 0 heterocycles. The van der Waals surface area contributed by atoms with Gasteiger partial charge in [-0.05, 0) is 55.4 Å². The molecule has 0 amide bonds. The van der Waals surface area contributed by atoms with Crippen LogP contribution in [0.2, 0.25) is 0 Å². The van der Waals surface area contributed by atoms with Crippen molar-refractivity contribution in [1.29, 1.82) is 0 Å². The van der Waals surface area contributed by atoms with Crippen LogP contribution in [0.5, 0.6) is 0 Å². The lowest BCUT2D eigenvalue weighted by atomic mass is 9.79. The van der Waals surface area contributed by atoms with Crippen molar-refractivity contribution in [3.63, 3.8) is 0 Å². The molecule has 0 bridgehead atoms. The fourth-order valence-corrected chi connectivity index (χ4v) is 1.61. The molecule has 0 radical (unpaired) electrons. The molecule has 6 heteroatoms. The lowest BCUT2D eigenvalue weighted by Gasteiger charge is -2.37. The summed E-state index contributed by atoms with van der Waals surface area (Å²) in [7, 11) is 0.876. The van der Waals surface area contributed by atoms with Gasteiger partial charge >= 0.3 is 15.0 Å². The zero-order valence-electron chi connectivity index (χ0n) is 16.4. The first-order valence-electron chi connectivity index (χ1n) is 8.46. The fourth-order valence-electron chi connectivity index (χ4n) is 1.61. The molecule has 0 aliphatic heterocycles. The summed E-state index contributed by atoms with van der Waals surface area (Å²) in [5, 5.41) is 20.2. The molecule has 0 unspecified atom stereocenters. The van der Waals surface area contributed by atoms with Crippen molar-refractivity contribution >= 4 is 25.9 Å². The molecule has 134 valence electrons. The molecule has 0 saturated heterocycles. The highest BCUT2D eigenvalue weighted by Gasteiger charge is 2.36. The summed E-state index contributed by atoms with van der Waals surface area (Å²) in [6, 6.07) is 7.99. The van der Waals surface area contributed by atoms with Gasteiger partial charge in [0.25, 0.3) is 0 Å². The Morgan fingerprint density at radius 1 is 0.625 bits per heavy atom. The maximum atomic E-state index is 10.1. The van der Waals surface area contributed by atoms with Gasteiger partial charge in [0.1, 0.15) is 0 Å². The van der Waals surface area contributed by atoms with Gasteiger partial charge in [-0.15, -0.1) is 0 Å². The van der Waals surface area contributed by atoms with Crippen LogP contribution >= 0.6 is 0 Å². The summed E-state index contributed by atoms with van der Waals surface area (Å²) >= 11 is 0. The molecule has 24 heavy (non-hydrogen) atoms. The summed E-state index contributed by atoms with van der Waals surface area (Å²) in [4.78, 5) is 0. The van der Waals surface area contributed by atoms with Crippen LogP contribution in [0.1, 0.15) is 55.4 Å². The van der Waals surface area contributed by atoms with Crippen molar-refractivity contribution in [2.75, 3.05) is 0 Å². The van der Waals surface area contributed by atoms with E-state index in [4.69, 9.17) is 9.31 Å². The lowest BCUT2D eigenvalue weighted by molar-refractivity contribution is -0.0893. The first-order chi connectivity index (χ1) is 10.7. The first kappa shape index (κ1) is 21.2. The van der Waals surface area contributed by atoms with Crippen LogP contribution in [0.25, 0.3) is 0 Å². The number of benzene rings is 1. The van der Waals surface area contributed by atoms with Crippen molar-refractivity contribution in [3.8, 4) is 0 Å². The fraction of sp³-hybridized carbons (Fsp3) is 0.667. The molecule has 1 aromatic rings. The van der Waals surface area contributed by atoms with E-state index in [0.717, 1.165) is 10.9 Å². The van der Waals surface area contributed by atoms with Crippen molar-refractivity contribution in [2.24, 2.45) is 0 Å². The highest BCUT2D eigenvalue weighted by molar-refractivity contribution is 6.49. The smallest absolute Gasteiger partial charge is 0.309 e. The van der Waals surface area contributed by atoms with E-state index in [9.17, 15) is 10.2 Å². The summed E-state index contributed by atoms with van der Waals surface area (Å²) < 4.78 is 11.7. The largest absolute Gasteiger partial charge is 0.427 e. The van der Waals surface area contributed by atoms with Crippen molar-refractivity contribution in [1.82, 2.24) is 0 Å². The average molecular weight is 334 g/mol. The maximum absolute atomic E-state index is 10.1. The summed E-state index contributed by atoms with van der Waals surface area (Å²) in [6.07, 6.45) is 0. The predicted octanol–water partition coefficient (Wildman–Crippen LogP) is 0.772. The third kappa shape index (κ3) is 5.62. The second-order valence-corrected chi connectivity index (χ2v) is 8.53. The van der Waals surface area contributed by atoms with Crippen molar-refractivity contribution in [3.05, 3.63) is 24.3 Å². The normalized spacial score (nSPS) is 13.8. The highest BCUT2D eigenvalue weighted by atomic mass is 16.5. The van der Waals surface area contributed by atoms with Gasteiger partial charge in [-0.3, -0.25) is 0 Å². The van der Waals surface area contributed by atoms with Crippen LogP contribution in [-0.2, 0) is 9.31 Å². The quantitative estimate of drug-likeness (QED) is 0.690. The third-order valence-corrected chi connectivity index (χ3v) is 5.17. The van der Waals surface area contributed by atoms with E-state index in [-0.39, 0.29) is 0 Å². The molecular weight excluding hydrogens is 302 g/mol. The van der Waals surface area contributed by atoms with Crippen LogP contribution in [0.3, 0.4) is 0 Å². The summed E-state index contributed by atoms with van der Waals surface area (Å²) in [6.45, 7) is 14.5. The number of hydrogen-bond donors (Lipinski definition) is 2. The molecule has 1 rings (SSSR count). The molecule has 4 nitrogen and oxygen atoms in total. The minimum Gasteiger partial charge on any atom is -0.427 e. The van der Waals surface area contributed by atoms with Crippen molar-refractivity contribution < 1.29 is 19.5 Å². The molecule has 0 atom stereocenters. The van der Waals surface area contributed by atoms with Crippen LogP contribution < -0.4 is 10.9 Å². The van der Waals surface area contributed by atoms with Gasteiger partial charge in [0.2, 0.25) is 0 Å². The molecule has 1 aromatic carbocycles. The van der Waals surface area contributed by atoms with E-state index < -0.39 is 22.4 Å². The molecule has 0 aliphatic carbocycles. The second kappa shape index (κ2) is 7.20. The van der Waals surface area contributed by atoms with Gasteiger partial charge in [0, 0.05) is 0 Å². The van der Waals surface area contributed by atoms with E-state index in [1.165, 1.54) is 0 Å². The van der Waals surface area contributed by atoms with Gasteiger partial charge in [-0.1, -0.05) is 35.2 Å². The third-order valence-electron chi connectivity index (χ3n) is 5.17. The van der Waals surface area contributed by atoms with Crippen LogP contribution in [-0.4, -0.2) is 47.6 Å². The summed E-state index contributed by atoms with van der Waals surface area (Å²) in [5.41, 5.74) is -1.01. The Morgan fingerprint density at radius 3 is 1.08 bits per heavy atom. The minimum absolute atomic E-state index is 0.438. The number of aliphatic hydroxyl groups is 2. The molecule has 0 aromatic heterocycles. The maximum Gasteiger partial charge on any atom is 0.309 e. The van der Waals surface area contributed by atoms with Crippen molar-refractivity contribution in [2.45, 2.75) is 77.8 Å². The van der Waals surface area contributed by atoms with Gasteiger partial charge in [-0.2, -0.15) is 0 Å². The SMILES string of the molecule is CC(C)(O)C(C)(C)OBc1ccc(BOC(C)(C)C(C)(C)O)cc1. The van der Waals surface area contributed by atoms with Gasteiger partial charge in [0.05, 0.1) is 22.4 Å². The van der Waals surface area contributed by atoms with E-state index in [1.54, 1.807) is 27.7 Å². The Hall–Kier alpha value is -0.810. The van der Waals surface area contributed by atoms with Crippen LogP contribution in [0.15, 0.2) is 24.3 Å². The van der Waals surface area contributed by atoms with E-state index in [0.29, 0.717) is 15.0 Å². The zero-order chi connectivity index (χ0) is 18.8. The van der Waals surface area contributed by atoms with E-state index in [1.807, 2.05) is 52.0 Å². The Labute approximate surface area is 148 Å². The Kier molecular flexibility index (Phi) is 6.37. The minimum atomic E-state index is -0.913. The molecule has 0 fully saturated rings. The molecular formula is C18H32B2O4. The zero-order valence-corrected chi connectivity index (χ0v) is 16.4. The topological polar surface area (TPSA) is 58.9 Å². The Morgan fingerprint density at radius 2 is 0.875 bits per heavy atom. The lowest BCUT2D eigenvalue weighted by Crippen LogP contribution is -2.49. The van der Waals surface area contributed by atoms with E-state index in [2.05, 4.69) is 0 Å². The molecule has 0 aliphatic rings. The Balaban J connectivity index is 2.61. The van der Waals surface area contributed by atoms with Gasteiger partial charge in [-0.25, -0.2) is 0 Å². The number of rotatable bonds is 8. The Bertz CT molecular complexity index is 476. The highest BCUT2D eigenvalue weighted by Crippen LogP contribution is 2.25. The van der Waals surface area contributed by atoms with E-state index >= 15 is 0 Å². The number of hydrogen-bond acceptors (Lipinski definition) is 4. The first-order valence-corrected chi connectivity index (χ1v) is 8.46. The molecule has 2 N–H and O–H groups in total. The molecule has 0 spiro atoms. The standard InChI is InChI=1S/C18H32B2O4/c1-15(2,21)17(5,6)23-19-13-9-11-14(12-10-13)20-24-18(7,8)16(3,4)22/h9-12,19-22H,1-8H3. The summed E-state index contributed by atoms with van der Waals surface area (Å²) in [5.74, 6) is 0. The monoisotopic (exact) mass is 334 g/mol. The van der Waals surface area contributed by atoms with Gasteiger partial charge in [0.15, 0.2) is 0 Å². The average Bonchev–Trinajstić information content (AvgIpc) is 2.41. The predicted molar refractivity (Wildman–Crippen MR) is 103 cm³/mol. The van der Waals surface area contributed by atoms with Crippen LogP contribution in [0, 0.1) is 0 Å². The second-order valence-electron chi connectivity index (χ2n) is 8.53. The molecule has 0 saturated carbocycles. The van der Waals surface area contributed by atoms with Gasteiger partial charge < -0.3 is 19.5 Å².